The minimum Gasteiger partial charge on any atom is -0.354 e. The van der Waals surface area contributed by atoms with Crippen LogP contribution in [0, 0.1) is 29.8 Å². The normalized spacial score (nSPS) is 20.5. The van der Waals surface area contributed by atoms with Crippen molar-refractivity contribution in [2.24, 2.45) is 0 Å². The lowest BCUT2D eigenvalue weighted by atomic mass is 9.77. The highest BCUT2D eigenvalue weighted by Gasteiger charge is 2.48. The van der Waals surface area contributed by atoms with Gasteiger partial charge in [-0.25, -0.2) is 13.2 Å². The molecule has 0 saturated carbocycles. The van der Waals surface area contributed by atoms with Crippen LogP contribution in [0.5, 0.6) is 0 Å². The second kappa shape index (κ2) is 7.81. The van der Waals surface area contributed by atoms with Crippen LogP contribution >= 0.6 is 0 Å². The Labute approximate surface area is 179 Å². The Kier molecular flexibility index (Phi) is 5.30. The second-order valence-corrected chi connectivity index (χ2v) is 8.19. The van der Waals surface area contributed by atoms with Gasteiger partial charge >= 0.3 is 0 Å². The number of carbonyl (C=O) groups excluding carboxylic acids is 1. The SMILES string of the molecule is C#CC(=O)N1C(CCCC)Cc2c([nH]c3c(F)cc(F)cc23)C1(C)c1ccc(F)cc1. The summed E-state index contributed by atoms with van der Waals surface area (Å²) >= 11 is 0. The Morgan fingerprint density at radius 3 is 2.58 bits per heavy atom. The molecule has 3 aromatic rings. The lowest BCUT2D eigenvalue weighted by Gasteiger charge is -2.49. The fourth-order valence-electron chi connectivity index (χ4n) is 4.88. The number of unbranched alkanes of at least 4 members (excludes halogenated alkanes) is 1. The Morgan fingerprint density at radius 1 is 1.23 bits per heavy atom. The second-order valence-electron chi connectivity index (χ2n) is 8.19. The molecule has 1 aliphatic heterocycles. The van der Waals surface area contributed by atoms with Crippen LogP contribution in [0.3, 0.4) is 0 Å². The largest absolute Gasteiger partial charge is 0.354 e. The number of terminal acetylenes is 1. The molecule has 6 heteroatoms. The maximum atomic E-state index is 14.6. The molecular formula is C25H23F3N2O. The van der Waals surface area contributed by atoms with E-state index in [1.807, 2.05) is 6.92 Å². The van der Waals surface area contributed by atoms with Gasteiger partial charge in [0.05, 0.1) is 5.52 Å². The molecule has 1 aromatic heterocycles. The van der Waals surface area contributed by atoms with E-state index >= 15 is 0 Å². The molecule has 160 valence electrons. The molecule has 0 aliphatic carbocycles. The quantitative estimate of drug-likeness (QED) is 0.558. The lowest BCUT2D eigenvalue weighted by Crippen LogP contribution is -2.57. The van der Waals surface area contributed by atoms with Crippen LogP contribution in [0.4, 0.5) is 13.2 Å². The fraction of sp³-hybridized carbons (Fsp3) is 0.320. The molecule has 4 rings (SSSR count). The zero-order valence-corrected chi connectivity index (χ0v) is 17.4. The number of amides is 1. The summed E-state index contributed by atoms with van der Waals surface area (Å²) in [5.41, 5.74) is 1.03. The van der Waals surface area contributed by atoms with E-state index in [2.05, 4.69) is 17.8 Å². The van der Waals surface area contributed by atoms with Crippen LogP contribution in [0.2, 0.25) is 0 Å². The van der Waals surface area contributed by atoms with Gasteiger partial charge in [0, 0.05) is 23.2 Å². The first kappa shape index (κ1) is 21.0. The highest BCUT2D eigenvalue weighted by Crippen LogP contribution is 2.46. The number of rotatable bonds is 4. The summed E-state index contributed by atoms with van der Waals surface area (Å²) in [6, 6.07) is 7.71. The number of carbonyl (C=O) groups is 1. The van der Waals surface area contributed by atoms with Gasteiger partial charge in [-0.15, -0.1) is 6.42 Å². The lowest BCUT2D eigenvalue weighted by molar-refractivity contribution is -0.134. The molecule has 0 fully saturated rings. The van der Waals surface area contributed by atoms with E-state index in [1.165, 1.54) is 18.2 Å². The summed E-state index contributed by atoms with van der Waals surface area (Å²) in [4.78, 5) is 17.8. The third-order valence-corrected chi connectivity index (χ3v) is 6.34. The number of nitrogens with one attached hydrogen (secondary N) is 1. The van der Waals surface area contributed by atoms with Crippen molar-refractivity contribution in [1.82, 2.24) is 9.88 Å². The van der Waals surface area contributed by atoms with Crippen molar-refractivity contribution < 1.29 is 18.0 Å². The molecule has 0 saturated heterocycles. The van der Waals surface area contributed by atoms with Gasteiger partial charge in [0.15, 0.2) is 0 Å². The maximum Gasteiger partial charge on any atom is 0.299 e. The van der Waals surface area contributed by atoms with Gasteiger partial charge in [-0.2, -0.15) is 0 Å². The fourth-order valence-corrected chi connectivity index (χ4v) is 4.88. The van der Waals surface area contributed by atoms with Crippen LogP contribution in [0.1, 0.15) is 49.9 Å². The highest BCUT2D eigenvalue weighted by molar-refractivity contribution is 5.95. The minimum atomic E-state index is -1.11. The molecule has 2 aromatic carbocycles. The van der Waals surface area contributed by atoms with Gasteiger partial charge < -0.3 is 9.88 Å². The molecule has 1 N–H and O–H groups in total. The minimum absolute atomic E-state index is 0.184. The monoisotopic (exact) mass is 424 g/mol. The zero-order chi connectivity index (χ0) is 22.3. The van der Waals surface area contributed by atoms with Gasteiger partial charge in [-0.3, -0.25) is 4.79 Å². The van der Waals surface area contributed by atoms with E-state index < -0.39 is 28.9 Å². The van der Waals surface area contributed by atoms with E-state index in [9.17, 15) is 18.0 Å². The first-order chi connectivity index (χ1) is 14.8. The third-order valence-electron chi connectivity index (χ3n) is 6.34. The molecule has 0 bridgehead atoms. The van der Waals surface area contributed by atoms with Gasteiger partial charge in [-0.05, 0) is 55.0 Å². The number of H-pyrrole nitrogens is 1. The van der Waals surface area contributed by atoms with E-state index in [-0.39, 0.29) is 11.6 Å². The Balaban J connectivity index is 2.05. The predicted octanol–water partition coefficient (Wildman–Crippen LogP) is 5.43. The van der Waals surface area contributed by atoms with Crippen LogP contribution in [-0.4, -0.2) is 21.8 Å². The smallest absolute Gasteiger partial charge is 0.299 e. The van der Waals surface area contributed by atoms with Gasteiger partial charge in [-0.1, -0.05) is 31.9 Å². The molecule has 1 aliphatic rings. The molecule has 3 nitrogen and oxygen atoms in total. The summed E-state index contributed by atoms with van der Waals surface area (Å²) in [6.07, 6.45) is 8.42. The average molecular weight is 424 g/mol. The van der Waals surface area contributed by atoms with Crippen molar-refractivity contribution in [2.75, 3.05) is 0 Å². The average Bonchev–Trinajstić information content (AvgIpc) is 3.11. The summed E-state index contributed by atoms with van der Waals surface area (Å²) in [5, 5.41) is 0.454. The molecule has 0 spiro atoms. The van der Waals surface area contributed by atoms with E-state index in [1.54, 1.807) is 17.0 Å². The van der Waals surface area contributed by atoms with Crippen LogP contribution in [0.25, 0.3) is 10.9 Å². The Hall–Kier alpha value is -3.20. The zero-order valence-electron chi connectivity index (χ0n) is 17.4. The van der Waals surface area contributed by atoms with Crippen molar-refractivity contribution in [3.63, 3.8) is 0 Å². The highest BCUT2D eigenvalue weighted by atomic mass is 19.1. The molecule has 2 unspecified atom stereocenters. The summed E-state index contributed by atoms with van der Waals surface area (Å²) in [7, 11) is 0. The van der Waals surface area contributed by atoms with Gasteiger partial charge in [0.25, 0.3) is 5.91 Å². The van der Waals surface area contributed by atoms with Crippen molar-refractivity contribution in [1.29, 1.82) is 0 Å². The summed E-state index contributed by atoms with van der Waals surface area (Å²) in [6.45, 7) is 3.87. The summed E-state index contributed by atoms with van der Waals surface area (Å²) < 4.78 is 42.4. The topological polar surface area (TPSA) is 36.1 Å². The van der Waals surface area contributed by atoms with Crippen LogP contribution in [-0.2, 0) is 16.8 Å². The number of aromatic nitrogens is 1. The predicted molar refractivity (Wildman–Crippen MR) is 114 cm³/mol. The van der Waals surface area contributed by atoms with Crippen LogP contribution < -0.4 is 0 Å². The van der Waals surface area contributed by atoms with E-state index in [0.717, 1.165) is 24.5 Å². The Bertz CT molecular complexity index is 1190. The van der Waals surface area contributed by atoms with Crippen molar-refractivity contribution in [3.05, 3.63) is 70.7 Å². The van der Waals surface area contributed by atoms with Crippen molar-refractivity contribution >= 4 is 16.8 Å². The number of halogens is 3. The molecule has 1 amide bonds. The summed E-state index contributed by atoms with van der Waals surface area (Å²) in [5.74, 6) is -0.0478. The van der Waals surface area contributed by atoms with Gasteiger partial charge in [0.1, 0.15) is 23.0 Å². The Morgan fingerprint density at radius 2 is 1.94 bits per heavy atom. The molecule has 31 heavy (non-hydrogen) atoms. The molecule has 2 heterocycles. The number of nitrogens with zero attached hydrogens (tertiary/aromatic N) is 1. The molecule has 2 atom stereocenters. The van der Waals surface area contributed by atoms with Gasteiger partial charge in [0.2, 0.25) is 0 Å². The molecule has 0 radical (unpaired) electrons. The van der Waals surface area contributed by atoms with Crippen LogP contribution in [0.15, 0.2) is 36.4 Å². The first-order valence-corrected chi connectivity index (χ1v) is 10.4. The van der Waals surface area contributed by atoms with E-state index in [4.69, 9.17) is 6.42 Å². The standard InChI is InChI=1S/C25H23F3N2O/c1-4-6-7-18-14-20-19-12-17(27)13-21(28)23(19)29-24(20)25(3,30(18)22(31)5-2)15-8-10-16(26)11-9-15/h2,8-13,18,29H,4,6-7,14H2,1,3H3. The first-order valence-electron chi connectivity index (χ1n) is 10.4. The third kappa shape index (κ3) is 3.29. The van der Waals surface area contributed by atoms with Crippen molar-refractivity contribution in [2.45, 2.75) is 51.1 Å². The van der Waals surface area contributed by atoms with E-state index in [0.29, 0.717) is 29.5 Å². The van der Waals surface area contributed by atoms with Crippen molar-refractivity contribution in [3.8, 4) is 12.3 Å². The number of fused-ring (bicyclic) bond motifs is 3. The number of hydrogen-bond acceptors (Lipinski definition) is 1. The number of benzene rings is 2. The molecular weight excluding hydrogens is 401 g/mol. The number of aromatic amines is 1. The maximum absolute atomic E-state index is 14.6. The number of hydrogen-bond donors (Lipinski definition) is 1.